The Bertz CT molecular complexity index is 711. The number of amides is 1. The van der Waals surface area contributed by atoms with Crippen molar-refractivity contribution in [3.05, 3.63) is 60.3 Å². The molecule has 0 radical (unpaired) electrons. The molecule has 1 fully saturated rings. The Labute approximate surface area is 153 Å². The fourth-order valence-electron chi connectivity index (χ4n) is 3.21. The van der Waals surface area contributed by atoms with Gasteiger partial charge in [-0.05, 0) is 31.7 Å². The molecule has 1 heterocycles. The Balaban J connectivity index is 1.36. The summed E-state index contributed by atoms with van der Waals surface area (Å²) in [6, 6.07) is 14.9. The molecule has 3 rings (SSSR count). The van der Waals surface area contributed by atoms with E-state index in [-0.39, 0.29) is 36.7 Å². The Morgan fingerprint density at radius 3 is 2.38 bits per heavy atom. The number of hydrogen-bond donors (Lipinski definition) is 1. The van der Waals surface area contributed by atoms with Crippen LogP contribution in [0, 0.1) is 0 Å². The first-order valence-electron chi connectivity index (χ1n) is 9.16. The lowest BCUT2D eigenvalue weighted by molar-refractivity contribution is -0.122. The first kappa shape index (κ1) is 18.1. The molecular formula is C21H24N2O3. The minimum atomic E-state index is -0.0524. The van der Waals surface area contributed by atoms with Crippen LogP contribution in [0.25, 0.3) is 0 Å². The highest BCUT2D eigenvalue weighted by Gasteiger charge is 2.24. The van der Waals surface area contributed by atoms with Crippen molar-refractivity contribution in [2.45, 2.75) is 50.7 Å². The van der Waals surface area contributed by atoms with E-state index < -0.39 is 0 Å². The summed E-state index contributed by atoms with van der Waals surface area (Å²) in [5.41, 5.74) is 0.660. The Kier molecular flexibility index (Phi) is 6.36. The van der Waals surface area contributed by atoms with Crippen LogP contribution in [0.5, 0.6) is 5.88 Å². The zero-order valence-electron chi connectivity index (χ0n) is 14.8. The summed E-state index contributed by atoms with van der Waals surface area (Å²) >= 11 is 0. The second kappa shape index (κ2) is 9.13. The van der Waals surface area contributed by atoms with Crippen LogP contribution < -0.4 is 10.1 Å². The average molecular weight is 352 g/mol. The van der Waals surface area contributed by atoms with Crippen LogP contribution in [0.1, 0.15) is 48.9 Å². The van der Waals surface area contributed by atoms with E-state index in [4.69, 9.17) is 4.74 Å². The minimum absolute atomic E-state index is 0.00761. The third-order valence-corrected chi connectivity index (χ3v) is 4.64. The van der Waals surface area contributed by atoms with Gasteiger partial charge in [-0.1, -0.05) is 36.4 Å². The summed E-state index contributed by atoms with van der Waals surface area (Å²) < 4.78 is 5.87. The highest BCUT2D eigenvalue weighted by molar-refractivity contribution is 5.97. The van der Waals surface area contributed by atoms with E-state index in [9.17, 15) is 9.59 Å². The summed E-state index contributed by atoms with van der Waals surface area (Å²) in [6.45, 7) is 0. The quantitative estimate of drug-likeness (QED) is 0.774. The van der Waals surface area contributed by atoms with Crippen LogP contribution >= 0.6 is 0 Å². The largest absolute Gasteiger partial charge is 0.474 e. The lowest BCUT2D eigenvalue weighted by Crippen LogP contribution is -2.39. The van der Waals surface area contributed by atoms with E-state index in [1.807, 2.05) is 36.4 Å². The van der Waals surface area contributed by atoms with E-state index in [1.54, 1.807) is 18.3 Å². The van der Waals surface area contributed by atoms with E-state index in [1.165, 1.54) is 0 Å². The molecule has 0 aliphatic heterocycles. The SMILES string of the molecule is O=C(CCC(=O)c1ccccc1)NC1CCC(Oc2ccccn2)CC1. The number of aromatic nitrogens is 1. The summed E-state index contributed by atoms with van der Waals surface area (Å²) in [7, 11) is 0. The van der Waals surface area contributed by atoms with Gasteiger partial charge in [0.25, 0.3) is 0 Å². The maximum absolute atomic E-state index is 12.1. The van der Waals surface area contributed by atoms with Gasteiger partial charge in [-0.2, -0.15) is 0 Å². The van der Waals surface area contributed by atoms with Gasteiger partial charge < -0.3 is 10.1 Å². The summed E-state index contributed by atoms with van der Waals surface area (Å²) in [5.74, 6) is 0.607. The van der Waals surface area contributed by atoms with Gasteiger partial charge in [0.2, 0.25) is 11.8 Å². The molecule has 1 aromatic carbocycles. The molecule has 0 unspecified atom stereocenters. The molecule has 0 bridgehead atoms. The zero-order chi connectivity index (χ0) is 18.2. The van der Waals surface area contributed by atoms with Gasteiger partial charge in [0, 0.05) is 36.7 Å². The Hall–Kier alpha value is -2.69. The van der Waals surface area contributed by atoms with Crippen LogP contribution in [0.15, 0.2) is 54.7 Å². The highest BCUT2D eigenvalue weighted by Crippen LogP contribution is 2.22. The molecule has 136 valence electrons. The standard InChI is InChI=1S/C21H24N2O3/c24-19(16-6-2-1-3-7-16)13-14-20(25)23-17-9-11-18(12-10-17)26-21-8-4-5-15-22-21/h1-8,15,17-18H,9-14H2,(H,23,25). The first-order valence-corrected chi connectivity index (χ1v) is 9.16. The van der Waals surface area contributed by atoms with Crippen molar-refractivity contribution in [2.75, 3.05) is 0 Å². The van der Waals surface area contributed by atoms with Gasteiger partial charge in [0.15, 0.2) is 5.78 Å². The first-order chi connectivity index (χ1) is 12.7. The molecule has 1 aromatic heterocycles. The van der Waals surface area contributed by atoms with Gasteiger partial charge in [-0.15, -0.1) is 0 Å². The normalized spacial score (nSPS) is 19.5. The van der Waals surface area contributed by atoms with Crippen molar-refractivity contribution < 1.29 is 14.3 Å². The Morgan fingerprint density at radius 1 is 0.962 bits per heavy atom. The van der Waals surface area contributed by atoms with Crippen molar-refractivity contribution in [2.24, 2.45) is 0 Å². The summed E-state index contributed by atoms with van der Waals surface area (Å²) in [5, 5.41) is 3.05. The number of ketones is 1. The number of rotatable bonds is 7. The molecule has 0 atom stereocenters. The number of pyridine rings is 1. The molecule has 1 aliphatic rings. The van der Waals surface area contributed by atoms with Crippen LogP contribution in [-0.4, -0.2) is 28.8 Å². The molecule has 26 heavy (non-hydrogen) atoms. The number of Topliss-reactive ketones (excluding diaryl/α,β-unsaturated/α-hetero) is 1. The molecule has 0 spiro atoms. The number of nitrogens with zero attached hydrogens (tertiary/aromatic N) is 1. The van der Waals surface area contributed by atoms with Crippen LogP contribution in [0.4, 0.5) is 0 Å². The molecule has 1 amide bonds. The van der Waals surface area contributed by atoms with Gasteiger partial charge in [0.1, 0.15) is 6.10 Å². The zero-order valence-corrected chi connectivity index (χ0v) is 14.8. The van der Waals surface area contributed by atoms with Gasteiger partial charge in [-0.25, -0.2) is 4.98 Å². The monoisotopic (exact) mass is 352 g/mol. The second-order valence-electron chi connectivity index (χ2n) is 6.62. The summed E-state index contributed by atoms with van der Waals surface area (Å²) in [6.07, 6.45) is 5.91. The maximum atomic E-state index is 12.1. The lowest BCUT2D eigenvalue weighted by Gasteiger charge is -2.29. The highest BCUT2D eigenvalue weighted by atomic mass is 16.5. The van der Waals surface area contributed by atoms with Crippen LogP contribution in [0.2, 0.25) is 0 Å². The number of carbonyl (C=O) groups is 2. The van der Waals surface area contributed by atoms with Crippen molar-refractivity contribution in [1.29, 1.82) is 0 Å². The van der Waals surface area contributed by atoms with E-state index in [0.717, 1.165) is 25.7 Å². The summed E-state index contributed by atoms with van der Waals surface area (Å²) in [4.78, 5) is 28.4. The molecule has 5 nitrogen and oxygen atoms in total. The fraction of sp³-hybridized carbons (Fsp3) is 0.381. The molecular weight excluding hydrogens is 328 g/mol. The number of nitrogens with one attached hydrogen (secondary N) is 1. The fourth-order valence-corrected chi connectivity index (χ4v) is 3.21. The average Bonchev–Trinajstić information content (AvgIpc) is 2.69. The van der Waals surface area contributed by atoms with Gasteiger partial charge in [-0.3, -0.25) is 9.59 Å². The van der Waals surface area contributed by atoms with Crippen molar-refractivity contribution >= 4 is 11.7 Å². The van der Waals surface area contributed by atoms with Crippen molar-refractivity contribution in [3.8, 4) is 5.88 Å². The van der Waals surface area contributed by atoms with Crippen LogP contribution in [0.3, 0.4) is 0 Å². The van der Waals surface area contributed by atoms with Crippen molar-refractivity contribution in [1.82, 2.24) is 10.3 Å². The topological polar surface area (TPSA) is 68.3 Å². The smallest absolute Gasteiger partial charge is 0.220 e. The van der Waals surface area contributed by atoms with E-state index >= 15 is 0 Å². The van der Waals surface area contributed by atoms with Gasteiger partial charge in [0.05, 0.1) is 0 Å². The maximum Gasteiger partial charge on any atom is 0.220 e. The number of ether oxygens (including phenoxy) is 1. The second-order valence-corrected chi connectivity index (χ2v) is 6.62. The number of hydrogen-bond acceptors (Lipinski definition) is 4. The molecule has 0 saturated heterocycles. The lowest BCUT2D eigenvalue weighted by atomic mass is 9.92. The molecule has 1 saturated carbocycles. The van der Waals surface area contributed by atoms with Gasteiger partial charge >= 0.3 is 0 Å². The number of carbonyl (C=O) groups excluding carboxylic acids is 2. The van der Waals surface area contributed by atoms with Crippen LogP contribution in [-0.2, 0) is 4.79 Å². The predicted octanol–water partition coefficient (Wildman–Crippen LogP) is 3.55. The van der Waals surface area contributed by atoms with E-state index in [2.05, 4.69) is 10.3 Å². The number of benzene rings is 1. The third kappa shape index (κ3) is 5.41. The molecule has 2 aromatic rings. The van der Waals surface area contributed by atoms with E-state index in [0.29, 0.717) is 11.4 Å². The third-order valence-electron chi connectivity index (χ3n) is 4.64. The molecule has 1 N–H and O–H groups in total. The van der Waals surface area contributed by atoms with Crippen molar-refractivity contribution in [3.63, 3.8) is 0 Å². The Morgan fingerprint density at radius 2 is 1.69 bits per heavy atom. The minimum Gasteiger partial charge on any atom is -0.474 e. The predicted molar refractivity (Wildman–Crippen MR) is 99.1 cm³/mol. The molecule has 5 heteroatoms. The molecule has 1 aliphatic carbocycles.